The summed E-state index contributed by atoms with van der Waals surface area (Å²) in [7, 11) is 0. The summed E-state index contributed by atoms with van der Waals surface area (Å²) >= 11 is 0. The predicted molar refractivity (Wildman–Crippen MR) is 72.5 cm³/mol. The Morgan fingerprint density at radius 1 is 1.11 bits per heavy atom. The summed E-state index contributed by atoms with van der Waals surface area (Å²) in [5, 5.41) is 2.83. The number of benzene rings is 1. The number of hydrogen-bond acceptors (Lipinski definition) is 2. The zero-order chi connectivity index (χ0) is 13.5. The highest BCUT2D eigenvalue weighted by Gasteiger charge is 2.03. The van der Waals surface area contributed by atoms with E-state index >= 15 is 0 Å². The number of nitrogens with one attached hydrogen (secondary N) is 1. The molecule has 0 aromatic heterocycles. The van der Waals surface area contributed by atoms with E-state index in [-0.39, 0.29) is 11.7 Å². The molecule has 0 aliphatic heterocycles. The molecule has 0 saturated heterocycles. The van der Waals surface area contributed by atoms with Gasteiger partial charge in [0.25, 0.3) is 0 Å². The zero-order valence-corrected chi connectivity index (χ0v) is 11.4. The Morgan fingerprint density at radius 3 is 2.44 bits per heavy atom. The maximum atomic E-state index is 11.4. The molecule has 0 atom stereocenters. The van der Waals surface area contributed by atoms with Crippen molar-refractivity contribution in [3.05, 3.63) is 34.9 Å². The maximum absolute atomic E-state index is 11.4. The number of Topliss-reactive ketones (excluding diaryl/α,β-unsaturated/α-hetero) is 1. The number of carbonyl (C=O) groups excluding carboxylic acids is 2. The van der Waals surface area contributed by atoms with Gasteiger partial charge in [0.05, 0.1) is 0 Å². The largest absolute Gasteiger partial charge is 0.356 e. The highest BCUT2D eigenvalue weighted by atomic mass is 16.2. The summed E-state index contributed by atoms with van der Waals surface area (Å²) in [6.07, 6.45) is 1.45. The smallest absolute Gasteiger partial charge is 0.220 e. The van der Waals surface area contributed by atoms with E-state index in [0.29, 0.717) is 19.4 Å². The molecule has 0 bridgehead atoms. The van der Waals surface area contributed by atoms with Crippen LogP contribution in [0.3, 0.4) is 0 Å². The minimum atomic E-state index is -0.0472. The standard InChI is InChI=1S/C15H21NO2/c1-11-4-6-14(10-12(11)2)8-9-16-15(18)7-5-13(3)17/h4,6,10H,5,7-9H2,1-3H3,(H,16,18). The molecule has 1 aromatic carbocycles. The summed E-state index contributed by atoms with van der Waals surface area (Å²) in [6, 6.07) is 6.34. The summed E-state index contributed by atoms with van der Waals surface area (Å²) in [4.78, 5) is 22.1. The van der Waals surface area contributed by atoms with Crippen LogP contribution in [0.15, 0.2) is 18.2 Å². The second kappa shape index (κ2) is 6.94. The molecule has 3 heteroatoms. The Kier molecular flexibility index (Phi) is 5.56. The third kappa shape index (κ3) is 5.13. The summed E-state index contributed by atoms with van der Waals surface area (Å²) in [6.45, 7) is 6.30. The van der Waals surface area contributed by atoms with Gasteiger partial charge in [0, 0.05) is 19.4 Å². The van der Waals surface area contributed by atoms with Gasteiger partial charge in [-0.2, -0.15) is 0 Å². The fourth-order valence-corrected chi connectivity index (χ4v) is 1.68. The van der Waals surface area contributed by atoms with Crippen LogP contribution in [0.4, 0.5) is 0 Å². The van der Waals surface area contributed by atoms with Crippen LogP contribution in [0.1, 0.15) is 36.5 Å². The number of aryl methyl sites for hydroxylation is 2. The second-order valence-electron chi connectivity index (χ2n) is 4.72. The van der Waals surface area contributed by atoms with Crippen LogP contribution in [0.2, 0.25) is 0 Å². The van der Waals surface area contributed by atoms with E-state index in [2.05, 4.69) is 37.4 Å². The molecule has 1 rings (SSSR count). The minimum Gasteiger partial charge on any atom is -0.356 e. The number of hydrogen-bond donors (Lipinski definition) is 1. The van der Waals surface area contributed by atoms with Crippen molar-refractivity contribution in [2.45, 2.75) is 40.0 Å². The first-order valence-corrected chi connectivity index (χ1v) is 6.31. The Labute approximate surface area is 109 Å². The topological polar surface area (TPSA) is 46.2 Å². The SMILES string of the molecule is CC(=O)CCC(=O)NCCc1ccc(C)c(C)c1. The van der Waals surface area contributed by atoms with Crippen molar-refractivity contribution in [3.63, 3.8) is 0 Å². The minimum absolute atomic E-state index is 0.0472. The number of amides is 1. The predicted octanol–water partition coefficient (Wildman–Crippen LogP) is 2.33. The highest BCUT2D eigenvalue weighted by Crippen LogP contribution is 2.09. The normalized spacial score (nSPS) is 10.2. The van der Waals surface area contributed by atoms with Crippen LogP contribution in [0.25, 0.3) is 0 Å². The zero-order valence-electron chi connectivity index (χ0n) is 11.4. The molecular formula is C15H21NO2. The van der Waals surface area contributed by atoms with Gasteiger partial charge in [-0.25, -0.2) is 0 Å². The average Bonchev–Trinajstić information content (AvgIpc) is 2.31. The molecule has 1 aromatic rings. The number of carbonyl (C=O) groups is 2. The first kappa shape index (κ1) is 14.4. The van der Waals surface area contributed by atoms with Gasteiger partial charge in [0.15, 0.2) is 0 Å². The molecule has 0 saturated carbocycles. The Bertz CT molecular complexity index is 438. The van der Waals surface area contributed by atoms with Crippen molar-refractivity contribution in [3.8, 4) is 0 Å². The first-order valence-electron chi connectivity index (χ1n) is 6.31. The Morgan fingerprint density at radius 2 is 1.83 bits per heavy atom. The Hall–Kier alpha value is -1.64. The molecule has 0 radical (unpaired) electrons. The lowest BCUT2D eigenvalue weighted by atomic mass is 10.0. The van der Waals surface area contributed by atoms with Crippen molar-refractivity contribution < 1.29 is 9.59 Å². The van der Waals surface area contributed by atoms with E-state index in [9.17, 15) is 9.59 Å². The van der Waals surface area contributed by atoms with Crippen molar-refractivity contribution in [2.75, 3.05) is 6.54 Å². The first-order chi connectivity index (χ1) is 8.49. The maximum Gasteiger partial charge on any atom is 0.220 e. The molecule has 1 N–H and O–H groups in total. The number of rotatable bonds is 6. The molecule has 0 fully saturated rings. The molecule has 18 heavy (non-hydrogen) atoms. The van der Waals surface area contributed by atoms with Crippen LogP contribution in [0.5, 0.6) is 0 Å². The van der Waals surface area contributed by atoms with Crippen LogP contribution in [-0.2, 0) is 16.0 Å². The van der Waals surface area contributed by atoms with Crippen molar-refractivity contribution >= 4 is 11.7 Å². The van der Waals surface area contributed by atoms with E-state index < -0.39 is 0 Å². The lowest BCUT2D eigenvalue weighted by molar-refractivity contribution is -0.124. The molecule has 0 unspecified atom stereocenters. The fraction of sp³-hybridized carbons (Fsp3) is 0.467. The molecule has 0 aliphatic carbocycles. The van der Waals surface area contributed by atoms with Gasteiger partial charge in [0.1, 0.15) is 5.78 Å². The fourth-order valence-electron chi connectivity index (χ4n) is 1.68. The molecular weight excluding hydrogens is 226 g/mol. The summed E-state index contributed by atoms with van der Waals surface area (Å²) in [5.74, 6) is 0.00772. The van der Waals surface area contributed by atoms with Gasteiger partial charge >= 0.3 is 0 Å². The third-order valence-corrected chi connectivity index (χ3v) is 3.01. The van der Waals surface area contributed by atoms with Gasteiger partial charge in [-0.05, 0) is 43.9 Å². The summed E-state index contributed by atoms with van der Waals surface area (Å²) in [5.41, 5.74) is 3.78. The molecule has 1 amide bonds. The van der Waals surface area contributed by atoms with Crippen LogP contribution < -0.4 is 5.32 Å². The van der Waals surface area contributed by atoms with Gasteiger partial charge in [-0.15, -0.1) is 0 Å². The second-order valence-corrected chi connectivity index (χ2v) is 4.72. The van der Waals surface area contributed by atoms with Crippen molar-refractivity contribution in [1.82, 2.24) is 5.32 Å². The van der Waals surface area contributed by atoms with Gasteiger partial charge in [0.2, 0.25) is 5.91 Å². The number of ketones is 1. The van der Waals surface area contributed by atoms with E-state index in [0.717, 1.165) is 6.42 Å². The highest BCUT2D eigenvalue weighted by molar-refractivity contribution is 5.83. The Balaban J connectivity index is 2.30. The molecule has 98 valence electrons. The van der Waals surface area contributed by atoms with Gasteiger partial charge < -0.3 is 10.1 Å². The average molecular weight is 247 g/mol. The summed E-state index contributed by atoms with van der Waals surface area (Å²) < 4.78 is 0. The molecule has 0 spiro atoms. The van der Waals surface area contributed by atoms with E-state index in [1.807, 2.05) is 0 Å². The monoisotopic (exact) mass is 247 g/mol. The van der Waals surface area contributed by atoms with Crippen LogP contribution in [0, 0.1) is 13.8 Å². The lowest BCUT2D eigenvalue weighted by Gasteiger charge is -2.07. The van der Waals surface area contributed by atoms with Crippen molar-refractivity contribution in [2.24, 2.45) is 0 Å². The molecule has 3 nitrogen and oxygen atoms in total. The van der Waals surface area contributed by atoms with E-state index in [4.69, 9.17) is 0 Å². The third-order valence-electron chi connectivity index (χ3n) is 3.01. The van der Waals surface area contributed by atoms with Gasteiger partial charge in [-0.1, -0.05) is 18.2 Å². The van der Waals surface area contributed by atoms with E-state index in [1.165, 1.54) is 23.6 Å². The quantitative estimate of drug-likeness (QED) is 0.838. The van der Waals surface area contributed by atoms with Crippen molar-refractivity contribution in [1.29, 1.82) is 0 Å². The van der Waals surface area contributed by atoms with Gasteiger partial charge in [-0.3, -0.25) is 4.79 Å². The molecule has 0 aliphatic rings. The lowest BCUT2D eigenvalue weighted by Crippen LogP contribution is -2.25. The van der Waals surface area contributed by atoms with E-state index in [1.54, 1.807) is 0 Å². The van der Waals surface area contributed by atoms with Crippen LogP contribution in [-0.4, -0.2) is 18.2 Å². The van der Waals surface area contributed by atoms with Crippen LogP contribution >= 0.6 is 0 Å². The molecule has 0 heterocycles.